The molecule has 0 aromatic heterocycles. The van der Waals surface area contributed by atoms with Gasteiger partial charge in [-0.15, -0.1) is 0 Å². The van der Waals surface area contributed by atoms with Crippen LogP contribution in [0.2, 0.25) is 0 Å². The highest BCUT2D eigenvalue weighted by molar-refractivity contribution is 5.82. The molecule has 0 unspecified atom stereocenters. The summed E-state index contributed by atoms with van der Waals surface area (Å²) in [5.41, 5.74) is 0. The maximum Gasteiger partial charge on any atom is 0.225 e. The number of likely N-dealkylation sites (tertiary alicyclic amines) is 1. The van der Waals surface area contributed by atoms with Crippen LogP contribution in [-0.4, -0.2) is 29.7 Å². The van der Waals surface area contributed by atoms with Gasteiger partial charge in [0.05, 0.1) is 0 Å². The highest BCUT2D eigenvalue weighted by atomic mass is 16.2. The van der Waals surface area contributed by atoms with Crippen molar-refractivity contribution in [2.45, 2.75) is 58.3 Å². The van der Waals surface area contributed by atoms with E-state index in [0.29, 0.717) is 18.1 Å². The van der Waals surface area contributed by atoms with E-state index in [4.69, 9.17) is 0 Å². The van der Waals surface area contributed by atoms with E-state index in [2.05, 4.69) is 0 Å². The Balaban J connectivity index is 1.81. The maximum absolute atomic E-state index is 12.3. The van der Waals surface area contributed by atoms with Crippen LogP contribution >= 0.6 is 0 Å². The van der Waals surface area contributed by atoms with E-state index >= 15 is 0 Å². The summed E-state index contributed by atoms with van der Waals surface area (Å²) in [5.74, 6) is 1.22. The molecular formula is C15H25NO2. The van der Waals surface area contributed by atoms with Crippen molar-refractivity contribution in [3.63, 3.8) is 0 Å². The molecule has 102 valence electrons. The predicted octanol–water partition coefficient (Wildman–Crippen LogP) is 2.78. The topological polar surface area (TPSA) is 37.4 Å². The molecule has 1 heterocycles. The molecule has 0 spiro atoms. The van der Waals surface area contributed by atoms with E-state index in [9.17, 15) is 9.59 Å². The number of amides is 1. The van der Waals surface area contributed by atoms with E-state index in [-0.39, 0.29) is 11.8 Å². The van der Waals surface area contributed by atoms with Crippen molar-refractivity contribution in [3.8, 4) is 0 Å². The number of piperidine rings is 1. The lowest BCUT2D eigenvalue weighted by atomic mass is 9.86. The van der Waals surface area contributed by atoms with E-state index in [0.717, 1.165) is 38.8 Å². The lowest BCUT2D eigenvalue weighted by Crippen LogP contribution is -2.43. The number of ketones is 1. The van der Waals surface area contributed by atoms with Crippen molar-refractivity contribution in [3.05, 3.63) is 0 Å². The minimum absolute atomic E-state index is 0.213. The van der Waals surface area contributed by atoms with Gasteiger partial charge in [0.2, 0.25) is 5.91 Å². The quantitative estimate of drug-likeness (QED) is 0.773. The van der Waals surface area contributed by atoms with E-state index in [1.165, 1.54) is 19.3 Å². The first kappa shape index (κ1) is 13.6. The molecule has 2 rings (SSSR count). The van der Waals surface area contributed by atoms with Gasteiger partial charge in [-0.3, -0.25) is 9.59 Å². The van der Waals surface area contributed by atoms with Gasteiger partial charge in [0.25, 0.3) is 0 Å². The second-order valence-corrected chi connectivity index (χ2v) is 5.75. The van der Waals surface area contributed by atoms with Crippen LogP contribution in [-0.2, 0) is 9.59 Å². The Morgan fingerprint density at radius 1 is 0.944 bits per heavy atom. The summed E-state index contributed by atoms with van der Waals surface area (Å²) in [6.45, 7) is 3.53. The Bertz CT molecular complexity index is 300. The van der Waals surface area contributed by atoms with Gasteiger partial charge in [0.15, 0.2) is 0 Å². The molecule has 2 aliphatic rings. The number of hydrogen-bond donors (Lipinski definition) is 0. The molecule has 1 aliphatic heterocycles. The molecule has 0 N–H and O–H groups in total. The molecule has 18 heavy (non-hydrogen) atoms. The largest absolute Gasteiger partial charge is 0.342 e. The minimum Gasteiger partial charge on any atom is -0.342 e. The van der Waals surface area contributed by atoms with Crippen LogP contribution in [0.25, 0.3) is 0 Å². The monoisotopic (exact) mass is 251 g/mol. The van der Waals surface area contributed by atoms with Crippen LogP contribution in [0.1, 0.15) is 58.3 Å². The minimum atomic E-state index is 0.213. The average Bonchev–Trinajstić information content (AvgIpc) is 2.47. The Morgan fingerprint density at radius 2 is 1.56 bits per heavy atom. The summed E-state index contributed by atoms with van der Waals surface area (Å²) < 4.78 is 0. The fourth-order valence-electron chi connectivity index (χ4n) is 3.32. The predicted molar refractivity (Wildman–Crippen MR) is 71.2 cm³/mol. The number of carbonyl (C=O) groups is 2. The molecule has 3 heteroatoms. The molecule has 0 aromatic carbocycles. The van der Waals surface area contributed by atoms with Crippen LogP contribution in [0.4, 0.5) is 0 Å². The normalized spacial score (nSPS) is 23.1. The van der Waals surface area contributed by atoms with Crippen molar-refractivity contribution in [2.24, 2.45) is 11.8 Å². The van der Waals surface area contributed by atoms with Gasteiger partial charge in [-0.25, -0.2) is 0 Å². The summed E-state index contributed by atoms with van der Waals surface area (Å²) in [7, 11) is 0. The fourth-order valence-corrected chi connectivity index (χ4v) is 3.32. The molecule has 1 saturated carbocycles. The van der Waals surface area contributed by atoms with Gasteiger partial charge in [0.1, 0.15) is 5.78 Å². The van der Waals surface area contributed by atoms with Gasteiger partial charge in [-0.2, -0.15) is 0 Å². The number of Topliss-reactive ketones (excluding diaryl/α,β-unsaturated/α-hetero) is 1. The summed E-state index contributed by atoms with van der Waals surface area (Å²) in [4.78, 5) is 26.0. The van der Waals surface area contributed by atoms with E-state index in [1.54, 1.807) is 0 Å². The van der Waals surface area contributed by atoms with Gasteiger partial charge in [-0.1, -0.05) is 26.2 Å². The third-order valence-electron chi connectivity index (χ3n) is 4.56. The Hall–Kier alpha value is -0.860. The van der Waals surface area contributed by atoms with Crippen LogP contribution in [0, 0.1) is 11.8 Å². The number of nitrogens with zero attached hydrogens (tertiary/aromatic N) is 1. The molecule has 1 aliphatic carbocycles. The second kappa shape index (κ2) is 6.35. The molecule has 1 saturated heterocycles. The van der Waals surface area contributed by atoms with Gasteiger partial charge < -0.3 is 4.90 Å². The fraction of sp³-hybridized carbons (Fsp3) is 0.867. The summed E-state index contributed by atoms with van der Waals surface area (Å²) >= 11 is 0. The first-order valence-corrected chi connectivity index (χ1v) is 7.54. The standard InChI is InChI=1S/C15H25NO2/c1-2-14(17)12-8-10-16(11-9-12)15(18)13-6-4-3-5-7-13/h12-13H,2-11H2,1H3. The lowest BCUT2D eigenvalue weighted by molar-refractivity contribution is -0.139. The van der Waals surface area contributed by atoms with Crippen LogP contribution in [0.15, 0.2) is 0 Å². The van der Waals surface area contributed by atoms with Gasteiger partial charge >= 0.3 is 0 Å². The van der Waals surface area contributed by atoms with E-state index in [1.807, 2.05) is 11.8 Å². The van der Waals surface area contributed by atoms with Crippen molar-refractivity contribution >= 4 is 11.7 Å². The first-order chi connectivity index (χ1) is 8.72. The molecule has 0 aromatic rings. The Morgan fingerprint density at radius 3 is 2.11 bits per heavy atom. The molecule has 2 fully saturated rings. The van der Waals surface area contributed by atoms with Crippen molar-refractivity contribution in [1.82, 2.24) is 4.90 Å². The molecular weight excluding hydrogens is 226 g/mol. The zero-order valence-electron chi connectivity index (χ0n) is 11.5. The third-order valence-corrected chi connectivity index (χ3v) is 4.56. The molecule has 1 amide bonds. The summed E-state index contributed by atoms with van der Waals surface area (Å²) in [5, 5.41) is 0. The number of hydrogen-bond acceptors (Lipinski definition) is 2. The second-order valence-electron chi connectivity index (χ2n) is 5.75. The summed E-state index contributed by atoms with van der Waals surface area (Å²) in [6.07, 6.45) is 8.26. The van der Waals surface area contributed by atoms with Crippen LogP contribution < -0.4 is 0 Å². The van der Waals surface area contributed by atoms with Crippen molar-refractivity contribution in [2.75, 3.05) is 13.1 Å². The van der Waals surface area contributed by atoms with Crippen LogP contribution in [0.5, 0.6) is 0 Å². The summed E-state index contributed by atoms with van der Waals surface area (Å²) in [6, 6.07) is 0. The van der Waals surface area contributed by atoms with Gasteiger partial charge in [-0.05, 0) is 25.7 Å². The molecule has 0 bridgehead atoms. The molecule has 0 radical (unpaired) electrons. The van der Waals surface area contributed by atoms with Gasteiger partial charge in [0, 0.05) is 31.3 Å². The molecule has 3 nitrogen and oxygen atoms in total. The molecule has 0 atom stereocenters. The highest BCUT2D eigenvalue weighted by Gasteiger charge is 2.30. The zero-order chi connectivity index (χ0) is 13.0. The Labute approximate surface area is 110 Å². The average molecular weight is 251 g/mol. The maximum atomic E-state index is 12.3. The third kappa shape index (κ3) is 3.12. The highest BCUT2D eigenvalue weighted by Crippen LogP contribution is 2.27. The SMILES string of the molecule is CCC(=O)C1CCN(C(=O)C2CCCCC2)CC1. The number of carbonyl (C=O) groups excluding carboxylic acids is 2. The van der Waals surface area contributed by atoms with Crippen LogP contribution in [0.3, 0.4) is 0 Å². The Kier molecular flexibility index (Phi) is 4.79. The van der Waals surface area contributed by atoms with E-state index < -0.39 is 0 Å². The smallest absolute Gasteiger partial charge is 0.225 e. The zero-order valence-corrected chi connectivity index (χ0v) is 11.5. The number of rotatable bonds is 3. The van der Waals surface area contributed by atoms with Crippen molar-refractivity contribution in [1.29, 1.82) is 0 Å². The first-order valence-electron chi connectivity index (χ1n) is 7.54. The van der Waals surface area contributed by atoms with Crippen molar-refractivity contribution < 1.29 is 9.59 Å². The lowest BCUT2D eigenvalue weighted by Gasteiger charge is -2.34.